The number of methoxy groups -OCH3 is 1. The Balaban J connectivity index is 1.45. The molecule has 27 heavy (non-hydrogen) atoms. The molecule has 2 fully saturated rings. The van der Waals surface area contributed by atoms with E-state index in [1.165, 1.54) is 4.90 Å². The van der Waals surface area contributed by atoms with E-state index in [1.807, 2.05) is 24.3 Å². The van der Waals surface area contributed by atoms with Crippen LogP contribution in [-0.4, -0.2) is 48.5 Å². The van der Waals surface area contributed by atoms with E-state index in [-0.39, 0.29) is 30.3 Å². The zero-order valence-corrected chi connectivity index (χ0v) is 15.7. The van der Waals surface area contributed by atoms with Crippen LogP contribution in [0.25, 0.3) is 0 Å². The van der Waals surface area contributed by atoms with Crippen LogP contribution in [0.3, 0.4) is 0 Å². The number of nitrogens with one attached hydrogen (secondary N) is 2. The summed E-state index contributed by atoms with van der Waals surface area (Å²) in [7, 11) is 1.61. The summed E-state index contributed by atoms with van der Waals surface area (Å²) in [5.74, 6) is 0.479. The van der Waals surface area contributed by atoms with Gasteiger partial charge in [-0.2, -0.15) is 0 Å². The molecule has 7 nitrogen and oxygen atoms in total. The maximum Gasteiger partial charge on any atom is 0.324 e. The fourth-order valence-corrected chi connectivity index (χ4v) is 3.66. The summed E-state index contributed by atoms with van der Waals surface area (Å²) in [6, 6.07) is 6.83. The van der Waals surface area contributed by atoms with Crippen LogP contribution in [0.15, 0.2) is 24.3 Å². The van der Waals surface area contributed by atoms with Crippen LogP contribution in [0.5, 0.6) is 5.75 Å². The molecular weight excluding hydrogens is 346 g/mol. The summed E-state index contributed by atoms with van der Waals surface area (Å²) >= 11 is 0. The van der Waals surface area contributed by atoms with E-state index in [9.17, 15) is 14.4 Å². The van der Waals surface area contributed by atoms with Crippen LogP contribution < -0.4 is 15.4 Å². The predicted octanol–water partition coefficient (Wildman–Crippen LogP) is 2.00. The van der Waals surface area contributed by atoms with Gasteiger partial charge in [-0.3, -0.25) is 14.5 Å². The Morgan fingerprint density at radius 3 is 2.59 bits per heavy atom. The highest BCUT2D eigenvalue weighted by Gasteiger charge is 2.37. The number of imide groups is 1. The predicted molar refractivity (Wildman–Crippen MR) is 100 cm³/mol. The molecule has 0 radical (unpaired) electrons. The fraction of sp³-hybridized carbons (Fsp3) is 0.550. The maximum absolute atomic E-state index is 12.5. The topological polar surface area (TPSA) is 87.7 Å². The molecule has 0 aromatic heterocycles. The molecule has 1 saturated carbocycles. The van der Waals surface area contributed by atoms with E-state index in [0.29, 0.717) is 19.4 Å². The van der Waals surface area contributed by atoms with Crippen molar-refractivity contribution in [2.45, 2.75) is 57.0 Å². The first-order valence-electron chi connectivity index (χ1n) is 9.61. The van der Waals surface area contributed by atoms with Crippen molar-refractivity contribution < 1.29 is 19.1 Å². The second-order valence-corrected chi connectivity index (χ2v) is 7.18. The molecule has 7 heteroatoms. The highest BCUT2D eigenvalue weighted by molar-refractivity contribution is 6.04. The van der Waals surface area contributed by atoms with E-state index >= 15 is 0 Å². The van der Waals surface area contributed by atoms with Crippen molar-refractivity contribution >= 4 is 17.8 Å². The van der Waals surface area contributed by atoms with Crippen molar-refractivity contribution in [3.8, 4) is 5.75 Å². The number of nitrogens with zero attached hydrogens (tertiary/aromatic N) is 1. The molecule has 0 unspecified atom stereocenters. The Kier molecular flexibility index (Phi) is 6.32. The van der Waals surface area contributed by atoms with Gasteiger partial charge < -0.3 is 15.4 Å². The molecule has 1 heterocycles. The van der Waals surface area contributed by atoms with E-state index < -0.39 is 6.04 Å². The fourth-order valence-electron chi connectivity index (χ4n) is 3.66. The van der Waals surface area contributed by atoms with E-state index in [4.69, 9.17) is 4.74 Å². The van der Waals surface area contributed by atoms with Crippen LogP contribution in [0, 0.1) is 0 Å². The lowest BCUT2D eigenvalue weighted by atomic mass is 10.1. The van der Waals surface area contributed by atoms with E-state index in [0.717, 1.165) is 37.0 Å². The Morgan fingerprint density at radius 2 is 1.93 bits per heavy atom. The quantitative estimate of drug-likeness (QED) is 0.682. The number of hydrogen-bond acceptors (Lipinski definition) is 4. The van der Waals surface area contributed by atoms with Gasteiger partial charge in [0.25, 0.3) is 5.91 Å². The molecule has 1 saturated heterocycles. The standard InChI is InChI=1S/C20H27N3O4/c1-27-16-8-6-14(7-9-16)12-13-23-19(25)17(22-20(23)26)10-11-18(24)21-15-4-2-3-5-15/h6-9,15,17H,2-5,10-13H2,1H3,(H,21,24)(H,22,26)/t17-/m0/s1. The lowest BCUT2D eigenvalue weighted by molar-refractivity contribution is -0.127. The smallest absolute Gasteiger partial charge is 0.324 e. The summed E-state index contributed by atoms with van der Waals surface area (Å²) in [6.45, 7) is 0.321. The Bertz CT molecular complexity index is 683. The number of carbonyl (C=O) groups excluding carboxylic acids is 3. The normalized spacial score (nSPS) is 20.0. The molecule has 1 aliphatic heterocycles. The van der Waals surface area contributed by atoms with Gasteiger partial charge in [0.2, 0.25) is 5.91 Å². The van der Waals surface area contributed by atoms with Gasteiger partial charge in [-0.1, -0.05) is 25.0 Å². The molecule has 3 rings (SSSR count). The maximum atomic E-state index is 12.5. The van der Waals surface area contributed by atoms with E-state index in [1.54, 1.807) is 7.11 Å². The first-order chi connectivity index (χ1) is 13.1. The summed E-state index contributed by atoms with van der Waals surface area (Å²) in [4.78, 5) is 37.9. The molecule has 1 aromatic rings. The minimum Gasteiger partial charge on any atom is -0.497 e. The lowest BCUT2D eigenvalue weighted by Gasteiger charge is -2.14. The van der Waals surface area contributed by atoms with Crippen molar-refractivity contribution in [3.63, 3.8) is 0 Å². The van der Waals surface area contributed by atoms with Crippen LogP contribution in [0.2, 0.25) is 0 Å². The number of rotatable bonds is 8. The highest BCUT2D eigenvalue weighted by atomic mass is 16.5. The minimum absolute atomic E-state index is 0.0411. The molecule has 4 amide bonds. The van der Waals surface area contributed by atoms with Crippen molar-refractivity contribution in [1.29, 1.82) is 0 Å². The highest BCUT2D eigenvalue weighted by Crippen LogP contribution is 2.18. The Hall–Kier alpha value is -2.57. The molecule has 2 N–H and O–H groups in total. The SMILES string of the molecule is COc1ccc(CCN2C(=O)N[C@@H](CCC(=O)NC3CCCC3)C2=O)cc1. The largest absolute Gasteiger partial charge is 0.497 e. The third kappa shape index (κ3) is 4.99. The average Bonchev–Trinajstić information content (AvgIpc) is 3.27. The zero-order valence-electron chi connectivity index (χ0n) is 15.7. The van der Waals surface area contributed by atoms with Gasteiger partial charge >= 0.3 is 6.03 Å². The number of amides is 4. The lowest BCUT2D eigenvalue weighted by Crippen LogP contribution is -2.36. The van der Waals surface area contributed by atoms with Crippen molar-refractivity contribution in [2.24, 2.45) is 0 Å². The van der Waals surface area contributed by atoms with Crippen LogP contribution in [0.1, 0.15) is 44.1 Å². The molecular formula is C20H27N3O4. The Labute approximate surface area is 159 Å². The zero-order chi connectivity index (χ0) is 19.2. The van der Waals surface area contributed by atoms with Gasteiger partial charge in [0, 0.05) is 19.0 Å². The van der Waals surface area contributed by atoms with Crippen molar-refractivity contribution in [3.05, 3.63) is 29.8 Å². The van der Waals surface area contributed by atoms with Crippen molar-refractivity contribution in [2.75, 3.05) is 13.7 Å². The van der Waals surface area contributed by atoms with E-state index in [2.05, 4.69) is 10.6 Å². The molecule has 0 spiro atoms. The van der Waals surface area contributed by atoms with Crippen molar-refractivity contribution in [1.82, 2.24) is 15.5 Å². The average molecular weight is 373 g/mol. The van der Waals surface area contributed by atoms with Gasteiger partial charge in [0.05, 0.1) is 7.11 Å². The second-order valence-electron chi connectivity index (χ2n) is 7.18. The van der Waals surface area contributed by atoms with Gasteiger partial charge in [-0.15, -0.1) is 0 Å². The molecule has 146 valence electrons. The van der Waals surface area contributed by atoms with Gasteiger partial charge in [0.15, 0.2) is 0 Å². The number of benzene rings is 1. The molecule has 0 bridgehead atoms. The third-order valence-corrected chi connectivity index (χ3v) is 5.27. The first-order valence-corrected chi connectivity index (χ1v) is 9.61. The summed E-state index contributed by atoms with van der Waals surface area (Å²) in [5, 5.41) is 5.70. The molecule has 1 atom stereocenters. The van der Waals surface area contributed by atoms with Gasteiger partial charge in [-0.25, -0.2) is 4.79 Å². The number of hydrogen-bond donors (Lipinski definition) is 2. The summed E-state index contributed by atoms with van der Waals surface area (Å²) < 4.78 is 5.12. The minimum atomic E-state index is -0.609. The second kappa shape index (κ2) is 8.88. The van der Waals surface area contributed by atoms with Crippen LogP contribution >= 0.6 is 0 Å². The number of carbonyl (C=O) groups is 3. The molecule has 1 aliphatic carbocycles. The first kappa shape index (κ1) is 19.2. The monoisotopic (exact) mass is 373 g/mol. The molecule has 1 aromatic carbocycles. The van der Waals surface area contributed by atoms with Crippen LogP contribution in [0.4, 0.5) is 4.79 Å². The third-order valence-electron chi connectivity index (χ3n) is 5.27. The summed E-state index contributed by atoms with van der Waals surface area (Å²) in [6.07, 6.45) is 5.55. The van der Waals surface area contributed by atoms with Gasteiger partial charge in [0.1, 0.15) is 11.8 Å². The molecule has 2 aliphatic rings. The Morgan fingerprint density at radius 1 is 1.22 bits per heavy atom. The number of urea groups is 1. The van der Waals surface area contributed by atoms with Crippen LogP contribution in [-0.2, 0) is 16.0 Å². The van der Waals surface area contributed by atoms with Gasteiger partial charge in [-0.05, 0) is 43.4 Å². The number of ether oxygens (including phenoxy) is 1. The summed E-state index contributed by atoms with van der Waals surface area (Å²) in [5.41, 5.74) is 1.02.